The Morgan fingerprint density at radius 1 is 0.971 bits per heavy atom. The fraction of sp³-hybridized carbons (Fsp3) is 0.444. The SMILES string of the molecule is CCN(CC)C(=O)c1cc(NC(=O)C2CC2)ccc1N1CCN(C(=O)c2ccc(OC)cc2)CC1. The lowest BCUT2D eigenvalue weighted by atomic mass is 10.1. The predicted molar refractivity (Wildman–Crippen MR) is 136 cm³/mol. The van der Waals surface area contributed by atoms with Gasteiger partial charge < -0.3 is 24.8 Å². The monoisotopic (exact) mass is 478 g/mol. The van der Waals surface area contributed by atoms with Gasteiger partial charge in [-0.1, -0.05) is 0 Å². The molecule has 1 heterocycles. The Bertz CT molecular complexity index is 1070. The number of rotatable bonds is 8. The van der Waals surface area contributed by atoms with Crippen molar-refractivity contribution in [3.8, 4) is 5.75 Å². The van der Waals surface area contributed by atoms with Crippen molar-refractivity contribution >= 4 is 29.1 Å². The second-order valence-electron chi connectivity index (χ2n) is 8.98. The molecule has 8 nitrogen and oxygen atoms in total. The van der Waals surface area contributed by atoms with E-state index in [-0.39, 0.29) is 23.6 Å². The second kappa shape index (κ2) is 10.8. The molecule has 2 aromatic carbocycles. The summed E-state index contributed by atoms with van der Waals surface area (Å²) in [6.45, 7) is 7.50. The largest absolute Gasteiger partial charge is 0.497 e. The molecule has 8 heteroatoms. The summed E-state index contributed by atoms with van der Waals surface area (Å²) < 4.78 is 5.18. The number of benzene rings is 2. The van der Waals surface area contributed by atoms with Gasteiger partial charge in [0.1, 0.15) is 5.75 Å². The van der Waals surface area contributed by atoms with Crippen LogP contribution in [0.5, 0.6) is 5.75 Å². The van der Waals surface area contributed by atoms with E-state index in [9.17, 15) is 14.4 Å². The lowest BCUT2D eigenvalue weighted by Crippen LogP contribution is -2.49. The van der Waals surface area contributed by atoms with Crippen molar-refractivity contribution < 1.29 is 19.1 Å². The number of ether oxygens (including phenoxy) is 1. The first kappa shape index (κ1) is 24.6. The van der Waals surface area contributed by atoms with Crippen molar-refractivity contribution in [2.45, 2.75) is 26.7 Å². The number of anilines is 2. The van der Waals surface area contributed by atoms with Crippen LogP contribution in [0.25, 0.3) is 0 Å². The summed E-state index contributed by atoms with van der Waals surface area (Å²) in [5.41, 5.74) is 2.70. The van der Waals surface area contributed by atoms with Crippen LogP contribution in [0.1, 0.15) is 47.4 Å². The molecular formula is C27H34N4O4. The van der Waals surface area contributed by atoms with Crippen LogP contribution < -0.4 is 15.0 Å². The molecule has 1 aliphatic heterocycles. The lowest BCUT2D eigenvalue weighted by molar-refractivity contribution is -0.117. The average Bonchev–Trinajstić information content (AvgIpc) is 3.75. The maximum absolute atomic E-state index is 13.4. The molecule has 4 rings (SSSR count). The average molecular weight is 479 g/mol. The van der Waals surface area contributed by atoms with Gasteiger partial charge in [-0.3, -0.25) is 14.4 Å². The van der Waals surface area contributed by atoms with E-state index in [2.05, 4.69) is 10.2 Å². The molecule has 35 heavy (non-hydrogen) atoms. The number of carbonyl (C=O) groups is 3. The summed E-state index contributed by atoms with van der Waals surface area (Å²) >= 11 is 0. The van der Waals surface area contributed by atoms with Crippen LogP contribution in [-0.4, -0.2) is 73.9 Å². The molecule has 0 unspecified atom stereocenters. The molecule has 2 aliphatic rings. The third-order valence-corrected chi connectivity index (χ3v) is 6.74. The first-order chi connectivity index (χ1) is 16.9. The minimum Gasteiger partial charge on any atom is -0.497 e. The number of piperazine rings is 1. The Morgan fingerprint density at radius 3 is 2.20 bits per heavy atom. The molecule has 1 N–H and O–H groups in total. The standard InChI is InChI=1S/C27H34N4O4/c1-4-29(5-2)27(34)23-18-21(28-25(32)19-6-7-19)10-13-24(23)30-14-16-31(17-15-30)26(33)20-8-11-22(35-3)12-9-20/h8-13,18-19H,4-7,14-17H2,1-3H3,(H,28,32). The van der Waals surface area contributed by atoms with Gasteiger partial charge in [0.15, 0.2) is 0 Å². The third kappa shape index (κ3) is 5.58. The molecule has 0 atom stereocenters. The van der Waals surface area contributed by atoms with E-state index in [1.165, 1.54) is 0 Å². The molecule has 1 saturated heterocycles. The Hall–Kier alpha value is -3.55. The van der Waals surface area contributed by atoms with E-state index < -0.39 is 0 Å². The molecule has 0 aromatic heterocycles. The maximum Gasteiger partial charge on any atom is 0.256 e. The molecule has 186 valence electrons. The zero-order valence-corrected chi connectivity index (χ0v) is 20.8. The summed E-state index contributed by atoms with van der Waals surface area (Å²) in [6.07, 6.45) is 1.85. The predicted octanol–water partition coefficient (Wildman–Crippen LogP) is 3.49. The van der Waals surface area contributed by atoms with Gasteiger partial charge in [-0.2, -0.15) is 0 Å². The van der Waals surface area contributed by atoms with Crippen molar-refractivity contribution in [1.29, 1.82) is 0 Å². The zero-order valence-electron chi connectivity index (χ0n) is 20.8. The van der Waals surface area contributed by atoms with Crippen LogP contribution >= 0.6 is 0 Å². The Kier molecular flexibility index (Phi) is 7.58. The fourth-order valence-corrected chi connectivity index (χ4v) is 4.40. The molecule has 1 aliphatic carbocycles. The summed E-state index contributed by atoms with van der Waals surface area (Å²) in [5, 5.41) is 2.96. The first-order valence-electron chi connectivity index (χ1n) is 12.4. The van der Waals surface area contributed by atoms with Crippen molar-refractivity contribution in [3.05, 3.63) is 53.6 Å². The summed E-state index contributed by atoms with van der Waals surface area (Å²) in [5.74, 6) is 0.764. The topological polar surface area (TPSA) is 82.2 Å². The van der Waals surface area contributed by atoms with Crippen molar-refractivity contribution in [1.82, 2.24) is 9.80 Å². The van der Waals surface area contributed by atoms with Crippen molar-refractivity contribution in [3.63, 3.8) is 0 Å². The molecule has 2 fully saturated rings. The highest BCUT2D eigenvalue weighted by molar-refractivity contribution is 6.02. The van der Waals surface area contributed by atoms with Gasteiger partial charge in [0.25, 0.3) is 11.8 Å². The lowest BCUT2D eigenvalue weighted by Gasteiger charge is -2.37. The van der Waals surface area contributed by atoms with E-state index in [1.54, 1.807) is 42.3 Å². The number of hydrogen-bond acceptors (Lipinski definition) is 5. The Labute approximate surface area is 206 Å². The van der Waals surface area contributed by atoms with Gasteiger partial charge >= 0.3 is 0 Å². The molecule has 0 spiro atoms. The zero-order chi connectivity index (χ0) is 24.9. The highest BCUT2D eigenvalue weighted by atomic mass is 16.5. The molecule has 2 aromatic rings. The van der Waals surface area contributed by atoms with Gasteiger partial charge in [0, 0.05) is 62.1 Å². The normalized spacial score (nSPS) is 15.5. The minimum absolute atomic E-state index is 0.00937. The van der Waals surface area contributed by atoms with Crippen LogP contribution in [0, 0.1) is 5.92 Å². The van der Waals surface area contributed by atoms with E-state index in [1.807, 2.05) is 30.9 Å². The molecule has 1 saturated carbocycles. The van der Waals surface area contributed by atoms with E-state index in [4.69, 9.17) is 4.74 Å². The summed E-state index contributed by atoms with van der Waals surface area (Å²) in [7, 11) is 1.60. The smallest absolute Gasteiger partial charge is 0.256 e. The fourth-order valence-electron chi connectivity index (χ4n) is 4.40. The highest BCUT2D eigenvalue weighted by Crippen LogP contribution is 2.32. The van der Waals surface area contributed by atoms with Gasteiger partial charge in [-0.15, -0.1) is 0 Å². The number of amides is 3. The molecule has 0 radical (unpaired) electrons. The van der Waals surface area contributed by atoms with Crippen LogP contribution in [0.15, 0.2) is 42.5 Å². The van der Waals surface area contributed by atoms with Crippen LogP contribution in [0.2, 0.25) is 0 Å². The van der Waals surface area contributed by atoms with Crippen LogP contribution in [0.4, 0.5) is 11.4 Å². The number of methoxy groups -OCH3 is 1. The van der Waals surface area contributed by atoms with E-state index >= 15 is 0 Å². The molecule has 3 amide bonds. The van der Waals surface area contributed by atoms with E-state index in [0.717, 1.165) is 18.5 Å². The first-order valence-corrected chi connectivity index (χ1v) is 12.4. The Balaban J connectivity index is 1.50. The summed E-state index contributed by atoms with van der Waals surface area (Å²) in [6, 6.07) is 12.7. The van der Waals surface area contributed by atoms with Crippen LogP contribution in [0.3, 0.4) is 0 Å². The number of nitrogens with zero attached hydrogens (tertiary/aromatic N) is 3. The van der Waals surface area contributed by atoms with Crippen LogP contribution in [-0.2, 0) is 4.79 Å². The number of nitrogens with one attached hydrogen (secondary N) is 1. The van der Waals surface area contributed by atoms with Gasteiger partial charge in [-0.25, -0.2) is 0 Å². The van der Waals surface area contributed by atoms with Crippen molar-refractivity contribution in [2.24, 2.45) is 5.92 Å². The number of hydrogen-bond donors (Lipinski definition) is 1. The highest BCUT2D eigenvalue weighted by Gasteiger charge is 2.30. The second-order valence-corrected chi connectivity index (χ2v) is 8.98. The quantitative estimate of drug-likeness (QED) is 0.628. The van der Waals surface area contributed by atoms with Gasteiger partial charge in [-0.05, 0) is 69.2 Å². The molecular weight excluding hydrogens is 444 g/mol. The van der Waals surface area contributed by atoms with Gasteiger partial charge in [0.05, 0.1) is 12.7 Å². The Morgan fingerprint density at radius 2 is 1.63 bits per heavy atom. The third-order valence-electron chi connectivity index (χ3n) is 6.74. The number of carbonyl (C=O) groups excluding carboxylic acids is 3. The maximum atomic E-state index is 13.4. The van der Waals surface area contributed by atoms with E-state index in [0.29, 0.717) is 61.8 Å². The molecule has 0 bridgehead atoms. The minimum atomic E-state index is -0.0516. The van der Waals surface area contributed by atoms with Gasteiger partial charge in [0.2, 0.25) is 5.91 Å². The van der Waals surface area contributed by atoms with Crippen molar-refractivity contribution in [2.75, 3.05) is 56.6 Å². The summed E-state index contributed by atoms with van der Waals surface area (Å²) in [4.78, 5) is 44.4.